The first-order valence-electron chi connectivity index (χ1n) is 6.73. The summed E-state index contributed by atoms with van der Waals surface area (Å²) in [5.74, 6) is -1.45. The van der Waals surface area contributed by atoms with Gasteiger partial charge in [0.25, 0.3) is 5.91 Å². The monoisotopic (exact) mass is 325 g/mol. The van der Waals surface area contributed by atoms with Crippen molar-refractivity contribution in [2.24, 2.45) is 0 Å². The molecule has 0 spiro atoms. The van der Waals surface area contributed by atoms with Gasteiger partial charge in [0.15, 0.2) is 0 Å². The lowest BCUT2D eigenvalue weighted by Crippen LogP contribution is -2.29. The Bertz CT molecular complexity index is 679. The molecule has 2 rings (SSSR count). The second-order valence-electron chi connectivity index (χ2n) is 4.66. The summed E-state index contributed by atoms with van der Waals surface area (Å²) in [6.07, 6.45) is -1.15. The Morgan fingerprint density at radius 2 is 1.91 bits per heavy atom. The molecule has 2 aromatic carbocycles. The Morgan fingerprint density at radius 3 is 2.61 bits per heavy atom. The van der Waals surface area contributed by atoms with E-state index in [-0.39, 0.29) is 23.4 Å². The molecule has 0 saturated carbocycles. The average Bonchev–Trinajstić information content (AvgIpc) is 2.52. The molecule has 2 N–H and O–H groups in total. The van der Waals surface area contributed by atoms with E-state index >= 15 is 0 Å². The fraction of sp³-hybridized carbons (Fsp3) is 0.188. The van der Waals surface area contributed by atoms with E-state index in [9.17, 15) is 23.1 Å². The molecule has 0 bridgehead atoms. The normalized spacial score (nSPS) is 12.0. The molecule has 0 radical (unpaired) electrons. The molecular formula is C16H14F3NO3. The van der Waals surface area contributed by atoms with Gasteiger partial charge in [-0.1, -0.05) is 24.3 Å². The van der Waals surface area contributed by atoms with E-state index in [2.05, 4.69) is 10.1 Å². The number of benzene rings is 2. The summed E-state index contributed by atoms with van der Waals surface area (Å²) in [7, 11) is 0. The highest BCUT2D eigenvalue weighted by molar-refractivity contribution is 5.94. The Labute approximate surface area is 130 Å². The van der Waals surface area contributed by atoms with Gasteiger partial charge in [-0.2, -0.15) is 8.78 Å². The van der Waals surface area contributed by atoms with Crippen LogP contribution in [0.4, 0.5) is 13.2 Å². The quantitative estimate of drug-likeness (QED) is 0.858. The molecule has 4 nitrogen and oxygen atoms in total. The molecule has 1 unspecified atom stereocenters. The summed E-state index contributed by atoms with van der Waals surface area (Å²) >= 11 is 0. The van der Waals surface area contributed by atoms with Crippen molar-refractivity contribution in [3.05, 3.63) is 65.5 Å². The second kappa shape index (κ2) is 7.64. The predicted octanol–water partition coefficient (Wildman–Crippen LogP) is 2.89. The van der Waals surface area contributed by atoms with Crippen LogP contribution in [0.15, 0.2) is 48.5 Å². The number of amides is 1. The Kier molecular flexibility index (Phi) is 5.59. The maximum absolute atomic E-state index is 13.5. The van der Waals surface area contributed by atoms with Crippen LogP contribution >= 0.6 is 0 Å². The molecule has 0 aliphatic rings. The number of hydrogen-bond donors (Lipinski definition) is 2. The fourth-order valence-electron chi connectivity index (χ4n) is 1.95. The predicted molar refractivity (Wildman–Crippen MR) is 76.8 cm³/mol. The van der Waals surface area contributed by atoms with Gasteiger partial charge in [0, 0.05) is 6.54 Å². The molecule has 0 aliphatic heterocycles. The zero-order valence-electron chi connectivity index (χ0n) is 11.9. The topological polar surface area (TPSA) is 58.6 Å². The van der Waals surface area contributed by atoms with Crippen molar-refractivity contribution >= 4 is 5.91 Å². The summed E-state index contributed by atoms with van der Waals surface area (Å²) in [6, 6.07) is 10.9. The first-order valence-corrected chi connectivity index (χ1v) is 6.73. The van der Waals surface area contributed by atoms with Crippen LogP contribution in [0, 0.1) is 5.82 Å². The largest absolute Gasteiger partial charge is 0.435 e. The second-order valence-corrected chi connectivity index (χ2v) is 4.66. The van der Waals surface area contributed by atoms with E-state index in [1.807, 2.05) is 0 Å². The van der Waals surface area contributed by atoms with E-state index in [1.54, 1.807) is 0 Å². The Hall–Kier alpha value is -2.54. The van der Waals surface area contributed by atoms with Crippen LogP contribution in [0.5, 0.6) is 5.75 Å². The first-order chi connectivity index (χ1) is 11.0. The zero-order chi connectivity index (χ0) is 16.8. The van der Waals surface area contributed by atoms with Crippen molar-refractivity contribution in [3.63, 3.8) is 0 Å². The van der Waals surface area contributed by atoms with Crippen LogP contribution in [-0.4, -0.2) is 24.2 Å². The molecule has 0 saturated heterocycles. The number of carbonyl (C=O) groups excluding carboxylic acids is 1. The minimum atomic E-state index is -2.97. The first kappa shape index (κ1) is 16.8. The molecule has 0 aliphatic carbocycles. The molecule has 23 heavy (non-hydrogen) atoms. The van der Waals surface area contributed by atoms with E-state index in [1.165, 1.54) is 42.5 Å². The average molecular weight is 325 g/mol. The molecule has 1 atom stereocenters. The number of ether oxygens (including phenoxy) is 1. The third-order valence-electron chi connectivity index (χ3n) is 3.04. The van der Waals surface area contributed by atoms with Gasteiger partial charge < -0.3 is 15.2 Å². The van der Waals surface area contributed by atoms with E-state index < -0.39 is 24.4 Å². The minimum Gasteiger partial charge on any atom is -0.435 e. The Morgan fingerprint density at radius 1 is 1.17 bits per heavy atom. The van der Waals surface area contributed by atoms with Crippen LogP contribution in [0.2, 0.25) is 0 Å². The van der Waals surface area contributed by atoms with Gasteiger partial charge in [-0.3, -0.25) is 4.79 Å². The van der Waals surface area contributed by atoms with Crippen LogP contribution in [0.25, 0.3) is 0 Å². The summed E-state index contributed by atoms with van der Waals surface area (Å²) in [5.41, 5.74) is 0.145. The third kappa shape index (κ3) is 4.72. The molecule has 122 valence electrons. The van der Waals surface area contributed by atoms with E-state index in [0.717, 1.165) is 6.07 Å². The van der Waals surface area contributed by atoms with Gasteiger partial charge in [0.05, 0.1) is 11.7 Å². The van der Waals surface area contributed by atoms with Crippen molar-refractivity contribution < 1.29 is 27.8 Å². The number of carbonyl (C=O) groups is 1. The van der Waals surface area contributed by atoms with E-state index in [0.29, 0.717) is 0 Å². The van der Waals surface area contributed by atoms with Crippen LogP contribution in [0.3, 0.4) is 0 Å². The van der Waals surface area contributed by atoms with E-state index in [4.69, 9.17) is 0 Å². The van der Waals surface area contributed by atoms with Crippen molar-refractivity contribution in [2.75, 3.05) is 6.54 Å². The smallest absolute Gasteiger partial charge is 0.387 e. The molecule has 1 amide bonds. The van der Waals surface area contributed by atoms with Gasteiger partial charge in [0.1, 0.15) is 11.6 Å². The number of halogens is 3. The highest BCUT2D eigenvalue weighted by atomic mass is 19.3. The lowest BCUT2D eigenvalue weighted by atomic mass is 10.1. The zero-order valence-corrected chi connectivity index (χ0v) is 11.9. The molecule has 0 aromatic heterocycles. The molecule has 0 heterocycles. The van der Waals surface area contributed by atoms with Crippen molar-refractivity contribution in [2.45, 2.75) is 12.7 Å². The maximum atomic E-state index is 13.5. The SMILES string of the molecule is O=C(NCC(O)c1cccc(OC(F)F)c1)c1ccccc1F. The summed E-state index contributed by atoms with van der Waals surface area (Å²) in [4.78, 5) is 11.8. The summed E-state index contributed by atoms with van der Waals surface area (Å²) in [6.45, 7) is -3.17. The number of rotatable bonds is 6. The van der Waals surface area contributed by atoms with Gasteiger partial charge in [-0.15, -0.1) is 0 Å². The summed E-state index contributed by atoms with van der Waals surface area (Å²) in [5, 5.41) is 12.4. The third-order valence-corrected chi connectivity index (χ3v) is 3.04. The standard InChI is InChI=1S/C16H14F3NO3/c17-13-7-2-1-6-12(13)15(22)20-9-14(21)10-4-3-5-11(8-10)23-16(18)19/h1-8,14,16,21H,9H2,(H,20,22). The van der Waals surface area contributed by atoms with Crippen LogP contribution in [0.1, 0.15) is 22.0 Å². The highest BCUT2D eigenvalue weighted by Crippen LogP contribution is 2.20. The molecule has 0 fully saturated rings. The summed E-state index contributed by atoms with van der Waals surface area (Å²) < 4.78 is 42.0. The number of nitrogens with one attached hydrogen (secondary N) is 1. The van der Waals surface area contributed by atoms with Gasteiger partial charge in [-0.05, 0) is 29.8 Å². The lowest BCUT2D eigenvalue weighted by Gasteiger charge is -2.14. The fourth-order valence-corrected chi connectivity index (χ4v) is 1.95. The van der Waals surface area contributed by atoms with Gasteiger partial charge in [0.2, 0.25) is 0 Å². The van der Waals surface area contributed by atoms with Gasteiger partial charge in [-0.25, -0.2) is 4.39 Å². The van der Waals surface area contributed by atoms with Crippen molar-refractivity contribution in [1.29, 1.82) is 0 Å². The minimum absolute atomic E-state index is 0.100. The number of aliphatic hydroxyl groups is 1. The highest BCUT2D eigenvalue weighted by Gasteiger charge is 2.14. The maximum Gasteiger partial charge on any atom is 0.387 e. The van der Waals surface area contributed by atoms with Crippen molar-refractivity contribution in [3.8, 4) is 5.75 Å². The number of aliphatic hydroxyl groups excluding tert-OH is 1. The van der Waals surface area contributed by atoms with Gasteiger partial charge >= 0.3 is 6.61 Å². The van der Waals surface area contributed by atoms with Crippen LogP contribution < -0.4 is 10.1 Å². The molecule has 7 heteroatoms. The Balaban J connectivity index is 1.98. The number of hydrogen-bond acceptors (Lipinski definition) is 3. The van der Waals surface area contributed by atoms with Crippen LogP contribution in [-0.2, 0) is 0 Å². The molecule has 2 aromatic rings. The lowest BCUT2D eigenvalue weighted by molar-refractivity contribution is -0.0499. The van der Waals surface area contributed by atoms with Crippen molar-refractivity contribution in [1.82, 2.24) is 5.32 Å². The molecular weight excluding hydrogens is 311 g/mol. The number of alkyl halides is 2.